The number of rotatable bonds is 3. The summed E-state index contributed by atoms with van der Waals surface area (Å²) >= 11 is 12.3. The summed E-state index contributed by atoms with van der Waals surface area (Å²) in [6, 6.07) is 10.9. The Morgan fingerprint density at radius 3 is 2.78 bits per heavy atom. The summed E-state index contributed by atoms with van der Waals surface area (Å²) in [7, 11) is 1.55. The van der Waals surface area contributed by atoms with Gasteiger partial charge in [-0.25, -0.2) is 0 Å². The molecule has 1 aliphatic rings. The smallest absolute Gasteiger partial charge is 0.261 e. The van der Waals surface area contributed by atoms with Crippen LogP contribution in [0.5, 0.6) is 11.5 Å². The van der Waals surface area contributed by atoms with Gasteiger partial charge in [0.2, 0.25) is 0 Å². The van der Waals surface area contributed by atoms with Crippen LogP contribution in [-0.2, 0) is 17.9 Å². The summed E-state index contributed by atoms with van der Waals surface area (Å²) in [6.07, 6.45) is 0. The summed E-state index contributed by atoms with van der Waals surface area (Å²) in [5.41, 5.74) is 1.70. The number of fused-ring (bicyclic) bond motifs is 1. The number of carbonyl (C=O) groups excluding carboxylic acids is 1. The van der Waals surface area contributed by atoms with E-state index in [0.717, 1.165) is 11.1 Å². The molecule has 2 aromatic carbocycles. The lowest BCUT2D eigenvalue weighted by atomic mass is 10.1. The van der Waals surface area contributed by atoms with E-state index in [2.05, 4.69) is 0 Å². The van der Waals surface area contributed by atoms with Crippen LogP contribution < -0.4 is 9.47 Å². The normalized spacial score (nSPS) is 14.0. The number of hydrogen-bond acceptors (Lipinski definition) is 3. The lowest BCUT2D eigenvalue weighted by molar-refractivity contribution is -0.133. The molecule has 0 spiro atoms. The molecular formula is C17H15Cl2NO3. The molecule has 0 aliphatic carbocycles. The number of halogens is 2. The lowest BCUT2D eigenvalue weighted by Gasteiger charge is -2.21. The highest BCUT2D eigenvalue weighted by molar-refractivity contribution is 6.31. The number of ether oxygens (including phenoxy) is 2. The summed E-state index contributed by atoms with van der Waals surface area (Å²) < 4.78 is 10.9. The Morgan fingerprint density at radius 2 is 2.04 bits per heavy atom. The van der Waals surface area contributed by atoms with E-state index in [4.69, 9.17) is 32.7 Å². The molecule has 0 atom stereocenters. The summed E-state index contributed by atoms with van der Waals surface area (Å²) in [5.74, 6) is 0.978. The van der Waals surface area contributed by atoms with Crippen molar-refractivity contribution >= 4 is 29.1 Å². The highest BCUT2D eigenvalue weighted by Gasteiger charge is 2.25. The van der Waals surface area contributed by atoms with Gasteiger partial charge >= 0.3 is 0 Å². The molecule has 6 heteroatoms. The van der Waals surface area contributed by atoms with Crippen molar-refractivity contribution in [2.45, 2.75) is 13.1 Å². The third-order valence-corrected chi connectivity index (χ3v) is 4.28. The van der Waals surface area contributed by atoms with E-state index in [0.29, 0.717) is 34.6 Å². The predicted molar refractivity (Wildman–Crippen MR) is 89.2 cm³/mol. The topological polar surface area (TPSA) is 38.8 Å². The first-order valence-corrected chi connectivity index (χ1v) is 7.84. The molecule has 0 N–H and O–H groups in total. The minimum Gasteiger partial charge on any atom is -0.493 e. The molecule has 0 saturated carbocycles. The molecule has 4 nitrogen and oxygen atoms in total. The van der Waals surface area contributed by atoms with Crippen molar-refractivity contribution in [1.82, 2.24) is 4.90 Å². The Bertz CT molecular complexity index is 749. The molecule has 0 fully saturated rings. The van der Waals surface area contributed by atoms with Gasteiger partial charge < -0.3 is 14.4 Å². The van der Waals surface area contributed by atoms with Crippen molar-refractivity contribution in [2.75, 3.05) is 13.7 Å². The minimum absolute atomic E-state index is 0.0462. The Hall–Kier alpha value is -1.91. The summed E-state index contributed by atoms with van der Waals surface area (Å²) in [4.78, 5) is 14.1. The van der Waals surface area contributed by atoms with Gasteiger partial charge in [0.1, 0.15) is 0 Å². The van der Waals surface area contributed by atoms with E-state index >= 15 is 0 Å². The first kappa shape index (κ1) is 16.0. The van der Waals surface area contributed by atoms with Crippen LogP contribution in [-0.4, -0.2) is 24.5 Å². The van der Waals surface area contributed by atoms with Crippen molar-refractivity contribution in [3.8, 4) is 11.5 Å². The molecule has 0 unspecified atom stereocenters. The van der Waals surface area contributed by atoms with Crippen LogP contribution in [0.1, 0.15) is 11.1 Å². The number of benzene rings is 2. The van der Waals surface area contributed by atoms with Gasteiger partial charge in [-0.2, -0.15) is 0 Å². The molecule has 120 valence electrons. The average Bonchev–Trinajstić information content (AvgIpc) is 2.68. The highest BCUT2D eigenvalue weighted by Crippen LogP contribution is 2.37. The summed E-state index contributed by atoms with van der Waals surface area (Å²) in [5, 5.41) is 1.17. The predicted octanol–water partition coefficient (Wildman–Crippen LogP) is 3.92. The zero-order valence-electron chi connectivity index (χ0n) is 12.5. The van der Waals surface area contributed by atoms with Gasteiger partial charge in [0.15, 0.2) is 18.1 Å². The SMILES string of the molecule is COc1cc(Cl)cc2c1OCC(=O)N(Cc1ccccc1Cl)C2. The number of amides is 1. The van der Waals surface area contributed by atoms with Crippen LogP contribution >= 0.6 is 23.2 Å². The van der Waals surface area contributed by atoms with Crippen LogP contribution in [0, 0.1) is 0 Å². The van der Waals surface area contributed by atoms with Crippen molar-refractivity contribution in [2.24, 2.45) is 0 Å². The Labute approximate surface area is 144 Å². The van der Waals surface area contributed by atoms with Gasteiger partial charge in [0.05, 0.1) is 7.11 Å². The maximum Gasteiger partial charge on any atom is 0.261 e. The van der Waals surface area contributed by atoms with Crippen LogP contribution in [0.15, 0.2) is 36.4 Å². The lowest BCUT2D eigenvalue weighted by Crippen LogP contribution is -2.31. The fraction of sp³-hybridized carbons (Fsp3) is 0.235. The van der Waals surface area contributed by atoms with E-state index in [1.165, 1.54) is 0 Å². The van der Waals surface area contributed by atoms with Crippen LogP contribution in [0.3, 0.4) is 0 Å². The molecule has 0 saturated heterocycles. The van der Waals surface area contributed by atoms with Gasteiger partial charge in [-0.1, -0.05) is 41.4 Å². The largest absolute Gasteiger partial charge is 0.493 e. The highest BCUT2D eigenvalue weighted by atomic mass is 35.5. The van der Waals surface area contributed by atoms with Crippen molar-refractivity contribution in [3.63, 3.8) is 0 Å². The minimum atomic E-state index is -0.112. The van der Waals surface area contributed by atoms with E-state index < -0.39 is 0 Å². The number of carbonyl (C=O) groups is 1. The second-order valence-corrected chi connectivity index (χ2v) is 6.07. The molecule has 1 heterocycles. The van der Waals surface area contributed by atoms with Gasteiger partial charge in [-0.15, -0.1) is 0 Å². The van der Waals surface area contributed by atoms with Crippen LogP contribution in [0.4, 0.5) is 0 Å². The van der Waals surface area contributed by atoms with Gasteiger partial charge in [0, 0.05) is 34.8 Å². The van der Waals surface area contributed by atoms with Crippen molar-refractivity contribution < 1.29 is 14.3 Å². The second-order valence-electron chi connectivity index (χ2n) is 5.23. The zero-order chi connectivity index (χ0) is 16.4. The molecule has 1 amide bonds. The first-order chi connectivity index (χ1) is 11.1. The van der Waals surface area contributed by atoms with E-state index in [9.17, 15) is 4.79 Å². The zero-order valence-corrected chi connectivity index (χ0v) is 14.0. The quantitative estimate of drug-likeness (QED) is 0.840. The van der Waals surface area contributed by atoms with Crippen molar-refractivity contribution in [3.05, 3.63) is 57.6 Å². The van der Waals surface area contributed by atoms with Crippen LogP contribution in [0.2, 0.25) is 10.0 Å². The standard InChI is InChI=1S/C17H15Cl2NO3/c1-22-15-7-13(18)6-12-9-20(16(21)10-23-17(12)15)8-11-4-2-3-5-14(11)19/h2-7H,8-10H2,1H3. The molecule has 0 bridgehead atoms. The maximum atomic E-state index is 12.4. The monoisotopic (exact) mass is 351 g/mol. The number of hydrogen-bond donors (Lipinski definition) is 0. The second kappa shape index (κ2) is 6.69. The molecule has 23 heavy (non-hydrogen) atoms. The third kappa shape index (κ3) is 3.38. The average molecular weight is 352 g/mol. The Kier molecular flexibility index (Phi) is 4.64. The summed E-state index contributed by atoms with van der Waals surface area (Å²) in [6.45, 7) is 0.752. The molecule has 2 aromatic rings. The van der Waals surface area contributed by atoms with E-state index in [1.807, 2.05) is 24.3 Å². The Morgan fingerprint density at radius 1 is 1.26 bits per heavy atom. The molecule has 3 rings (SSSR count). The van der Waals surface area contributed by atoms with E-state index in [1.54, 1.807) is 24.1 Å². The van der Waals surface area contributed by atoms with Crippen molar-refractivity contribution in [1.29, 1.82) is 0 Å². The number of nitrogens with zero attached hydrogens (tertiary/aromatic N) is 1. The third-order valence-electron chi connectivity index (χ3n) is 3.69. The van der Waals surface area contributed by atoms with Gasteiger partial charge in [-0.3, -0.25) is 4.79 Å². The fourth-order valence-corrected chi connectivity index (χ4v) is 2.98. The van der Waals surface area contributed by atoms with Gasteiger partial charge in [-0.05, 0) is 17.7 Å². The molecule has 0 radical (unpaired) electrons. The molecular weight excluding hydrogens is 337 g/mol. The Balaban J connectivity index is 1.93. The van der Waals surface area contributed by atoms with Crippen LogP contribution in [0.25, 0.3) is 0 Å². The maximum absolute atomic E-state index is 12.4. The molecule has 0 aromatic heterocycles. The first-order valence-electron chi connectivity index (χ1n) is 7.09. The van der Waals surface area contributed by atoms with E-state index in [-0.39, 0.29) is 12.5 Å². The molecule has 1 aliphatic heterocycles. The number of methoxy groups -OCH3 is 1. The fourth-order valence-electron chi connectivity index (χ4n) is 2.55. The van der Waals surface area contributed by atoms with Gasteiger partial charge in [0.25, 0.3) is 5.91 Å².